The number of halogens is 1. The third-order valence-electron chi connectivity index (χ3n) is 3.41. The van der Waals surface area contributed by atoms with Crippen LogP contribution in [0.5, 0.6) is 11.5 Å². The Morgan fingerprint density at radius 3 is 2.00 bits per heavy atom. The molecule has 0 N–H and O–H groups in total. The van der Waals surface area contributed by atoms with E-state index < -0.39 is 24.0 Å². The van der Waals surface area contributed by atoms with Gasteiger partial charge in [0, 0.05) is 5.02 Å². The van der Waals surface area contributed by atoms with Crippen molar-refractivity contribution in [3.05, 3.63) is 58.6 Å². The standard InChI is InChI=1S/C19H17ClO7/c1-11(26-15-6-4-5-14(20)10-15)17(21)27-16-8-12(18(22)24-2)7-13(9-16)19(23)25-3/h4-11H,1-3H3. The predicted molar refractivity (Wildman–Crippen MR) is 96.3 cm³/mol. The Balaban J connectivity index is 2.20. The maximum Gasteiger partial charge on any atom is 0.352 e. The average Bonchev–Trinajstić information content (AvgIpc) is 2.66. The van der Waals surface area contributed by atoms with Gasteiger partial charge in [-0.15, -0.1) is 0 Å². The Morgan fingerprint density at radius 1 is 0.889 bits per heavy atom. The van der Waals surface area contributed by atoms with Crippen LogP contribution >= 0.6 is 11.6 Å². The molecule has 1 unspecified atom stereocenters. The van der Waals surface area contributed by atoms with Gasteiger partial charge in [-0.25, -0.2) is 14.4 Å². The molecule has 0 aliphatic rings. The molecule has 0 fully saturated rings. The van der Waals surface area contributed by atoms with Crippen molar-refractivity contribution in [3.8, 4) is 11.5 Å². The van der Waals surface area contributed by atoms with Crippen LogP contribution in [0.1, 0.15) is 27.6 Å². The second-order valence-corrected chi connectivity index (χ2v) is 5.80. The van der Waals surface area contributed by atoms with Gasteiger partial charge in [0.05, 0.1) is 25.3 Å². The molecule has 0 heterocycles. The van der Waals surface area contributed by atoms with E-state index in [1.807, 2.05) is 0 Å². The lowest BCUT2D eigenvalue weighted by Gasteiger charge is -2.15. The molecule has 0 spiro atoms. The molecule has 2 rings (SSSR count). The first-order valence-electron chi connectivity index (χ1n) is 7.79. The molecule has 0 bridgehead atoms. The first-order valence-corrected chi connectivity index (χ1v) is 8.17. The molecule has 1 atom stereocenters. The van der Waals surface area contributed by atoms with E-state index in [-0.39, 0.29) is 16.9 Å². The van der Waals surface area contributed by atoms with Gasteiger partial charge in [0.15, 0.2) is 6.10 Å². The quantitative estimate of drug-likeness (QED) is 0.550. The number of hydrogen-bond acceptors (Lipinski definition) is 7. The third-order valence-corrected chi connectivity index (χ3v) is 3.64. The molecule has 0 saturated heterocycles. The van der Waals surface area contributed by atoms with Crippen molar-refractivity contribution in [3.63, 3.8) is 0 Å². The van der Waals surface area contributed by atoms with E-state index in [1.54, 1.807) is 24.3 Å². The SMILES string of the molecule is COC(=O)c1cc(OC(=O)C(C)Oc2cccc(Cl)c2)cc(C(=O)OC)c1. The molecule has 0 amide bonds. The molecule has 0 aliphatic heterocycles. The fourth-order valence-corrected chi connectivity index (χ4v) is 2.30. The second kappa shape index (κ2) is 9.05. The van der Waals surface area contributed by atoms with Crippen molar-refractivity contribution in [1.29, 1.82) is 0 Å². The molecule has 8 heteroatoms. The van der Waals surface area contributed by atoms with Crippen LogP contribution in [-0.4, -0.2) is 38.2 Å². The highest BCUT2D eigenvalue weighted by molar-refractivity contribution is 6.30. The summed E-state index contributed by atoms with van der Waals surface area (Å²) in [6.07, 6.45) is -0.966. The van der Waals surface area contributed by atoms with Crippen molar-refractivity contribution in [1.82, 2.24) is 0 Å². The van der Waals surface area contributed by atoms with Crippen LogP contribution in [0.25, 0.3) is 0 Å². The van der Waals surface area contributed by atoms with Gasteiger partial charge in [0.1, 0.15) is 11.5 Å². The number of ether oxygens (including phenoxy) is 4. The van der Waals surface area contributed by atoms with Crippen LogP contribution in [0.2, 0.25) is 5.02 Å². The molecule has 0 saturated carbocycles. The van der Waals surface area contributed by atoms with Crippen LogP contribution < -0.4 is 9.47 Å². The first-order chi connectivity index (χ1) is 12.8. The predicted octanol–water partition coefficient (Wildman–Crippen LogP) is 3.29. The maximum absolute atomic E-state index is 12.3. The molecule has 27 heavy (non-hydrogen) atoms. The number of carbonyl (C=O) groups excluding carboxylic acids is 3. The minimum atomic E-state index is -0.966. The van der Waals surface area contributed by atoms with Gasteiger partial charge in [0.2, 0.25) is 0 Å². The summed E-state index contributed by atoms with van der Waals surface area (Å²) in [6, 6.07) is 10.4. The van der Waals surface area contributed by atoms with E-state index in [1.165, 1.54) is 39.3 Å². The number of methoxy groups -OCH3 is 2. The Labute approximate surface area is 160 Å². The van der Waals surface area contributed by atoms with Gasteiger partial charge in [-0.05, 0) is 43.3 Å². The number of hydrogen-bond donors (Lipinski definition) is 0. The third kappa shape index (κ3) is 5.46. The van der Waals surface area contributed by atoms with Crippen LogP contribution in [0.15, 0.2) is 42.5 Å². The summed E-state index contributed by atoms with van der Waals surface area (Å²) in [5.74, 6) is -1.74. The van der Waals surface area contributed by atoms with E-state index >= 15 is 0 Å². The Morgan fingerprint density at radius 2 is 1.48 bits per heavy atom. The normalized spacial score (nSPS) is 11.3. The Hall–Kier alpha value is -3.06. The number of rotatable bonds is 6. The molecule has 0 aromatic heterocycles. The number of benzene rings is 2. The van der Waals surface area contributed by atoms with Crippen molar-refractivity contribution < 1.29 is 33.3 Å². The van der Waals surface area contributed by atoms with Crippen molar-refractivity contribution in [2.75, 3.05) is 14.2 Å². The Kier molecular flexibility index (Phi) is 6.79. The minimum absolute atomic E-state index is 0.0233. The van der Waals surface area contributed by atoms with Crippen LogP contribution in [0, 0.1) is 0 Å². The summed E-state index contributed by atoms with van der Waals surface area (Å²) in [6.45, 7) is 1.49. The largest absolute Gasteiger partial charge is 0.479 e. The number of esters is 3. The zero-order valence-corrected chi connectivity index (χ0v) is 15.6. The van der Waals surface area contributed by atoms with Gasteiger partial charge in [-0.2, -0.15) is 0 Å². The first kappa shape index (κ1) is 20.3. The lowest BCUT2D eigenvalue weighted by molar-refractivity contribution is -0.141. The minimum Gasteiger partial charge on any atom is -0.479 e. The highest BCUT2D eigenvalue weighted by Gasteiger charge is 2.20. The van der Waals surface area contributed by atoms with E-state index in [2.05, 4.69) is 9.47 Å². The molecule has 2 aromatic rings. The summed E-state index contributed by atoms with van der Waals surface area (Å²) in [5, 5.41) is 0.460. The van der Waals surface area contributed by atoms with Crippen LogP contribution in [-0.2, 0) is 14.3 Å². The van der Waals surface area contributed by atoms with Crippen LogP contribution in [0.3, 0.4) is 0 Å². The van der Waals surface area contributed by atoms with Crippen molar-refractivity contribution >= 4 is 29.5 Å². The summed E-state index contributed by atoms with van der Waals surface area (Å²) < 4.78 is 20.0. The summed E-state index contributed by atoms with van der Waals surface area (Å²) in [5.41, 5.74) is 0.0678. The monoisotopic (exact) mass is 392 g/mol. The van der Waals surface area contributed by atoms with Crippen molar-refractivity contribution in [2.45, 2.75) is 13.0 Å². The highest BCUT2D eigenvalue weighted by atomic mass is 35.5. The number of carbonyl (C=O) groups is 3. The zero-order valence-electron chi connectivity index (χ0n) is 14.9. The smallest absolute Gasteiger partial charge is 0.352 e. The summed E-state index contributed by atoms with van der Waals surface area (Å²) >= 11 is 5.88. The molecule has 142 valence electrons. The molecule has 7 nitrogen and oxygen atoms in total. The Bertz CT molecular complexity index is 829. The van der Waals surface area contributed by atoms with Gasteiger partial charge < -0.3 is 18.9 Å². The van der Waals surface area contributed by atoms with E-state index in [9.17, 15) is 14.4 Å². The van der Waals surface area contributed by atoms with E-state index in [0.717, 1.165) is 0 Å². The fourth-order valence-electron chi connectivity index (χ4n) is 2.12. The summed E-state index contributed by atoms with van der Waals surface area (Å²) in [4.78, 5) is 35.8. The average molecular weight is 393 g/mol. The van der Waals surface area contributed by atoms with Gasteiger partial charge in [-0.3, -0.25) is 0 Å². The maximum atomic E-state index is 12.3. The highest BCUT2D eigenvalue weighted by Crippen LogP contribution is 2.21. The van der Waals surface area contributed by atoms with Gasteiger partial charge >= 0.3 is 17.9 Å². The van der Waals surface area contributed by atoms with Crippen LogP contribution in [0.4, 0.5) is 0 Å². The van der Waals surface area contributed by atoms with Crippen molar-refractivity contribution in [2.24, 2.45) is 0 Å². The molecule has 0 radical (unpaired) electrons. The fraction of sp³-hybridized carbons (Fsp3) is 0.211. The molecular weight excluding hydrogens is 376 g/mol. The summed E-state index contributed by atoms with van der Waals surface area (Å²) in [7, 11) is 2.39. The zero-order chi connectivity index (χ0) is 20.0. The second-order valence-electron chi connectivity index (χ2n) is 5.37. The lowest BCUT2D eigenvalue weighted by atomic mass is 10.1. The van der Waals surface area contributed by atoms with E-state index in [4.69, 9.17) is 21.1 Å². The molecular formula is C19H17ClO7. The lowest BCUT2D eigenvalue weighted by Crippen LogP contribution is -2.28. The molecule has 0 aliphatic carbocycles. The molecule has 2 aromatic carbocycles. The van der Waals surface area contributed by atoms with Gasteiger partial charge in [0.25, 0.3) is 0 Å². The van der Waals surface area contributed by atoms with Gasteiger partial charge in [-0.1, -0.05) is 17.7 Å². The topological polar surface area (TPSA) is 88.1 Å². The van der Waals surface area contributed by atoms with E-state index in [0.29, 0.717) is 10.8 Å².